The van der Waals surface area contributed by atoms with Crippen LogP contribution in [0.2, 0.25) is 0 Å². The minimum absolute atomic E-state index is 0.241. The van der Waals surface area contributed by atoms with E-state index in [1.165, 1.54) is 0 Å². The van der Waals surface area contributed by atoms with E-state index in [4.69, 9.17) is 18.9 Å². The third kappa shape index (κ3) is 3.77. The summed E-state index contributed by atoms with van der Waals surface area (Å²) in [5, 5.41) is 0. The minimum Gasteiger partial charge on any atom is -0.496 e. The average molecular weight is 268 g/mol. The van der Waals surface area contributed by atoms with Crippen LogP contribution in [0.3, 0.4) is 0 Å². The van der Waals surface area contributed by atoms with Gasteiger partial charge in [-0.05, 0) is 25.5 Å². The van der Waals surface area contributed by atoms with E-state index in [1.54, 1.807) is 40.4 Å². The van der Waals surface area contributed by atoms with Crippen LogP contribution in [-0.4, -0.2) is 33.9 Å². The summed E-state index contributed by atoms with van der Waals surface area (Å²) in [4.78, 5) is 11.4. The van der Waals surface area contributed by atoms with Crippen molar-refractivity contribution in [2.45, 2.75) is 19.8 Å². The topological polar surface area (TPSA) is 54.0 Å². The van der Waals surface area contributed by atoms with E-state index in [0.717, 1.165) is 5.56 Å². The summed E-state index contributed by atoms with van der Waals surface area (Å²) in [6.07, 6.45) is 0.746. The molecule has 0 aliphatic heterocycles. The van der Waals surface area contributed by atoms with Crippen LogP contribution in [0.4, 0.5) is 0 Å². The maximum atomic E-state index is 11.4. The molecule has 0 amide bonds. The molecule has 0 unspecified atom stereocenters. The number of benzene rings is 1. The first-order valence-electron chi connectivity index (χ1n) is 6.11. The van der Waals surface area contributed by atoms with Crippen LogP contribution in [0.5, 0.6) is 17.2 Å². The summed E-state index contributed by atoms with van der Waals surface area (Å²) < 4.78 is 20.8. The summed E-state index contributed by atoms with van der Waals surface area (Å²) in [7, 11) is 4.71. The zero-order valence-corrected chi connectivity index (χ0v) is 11.8. The number of carbonyl (C=O) groups excluding carboxylic acids is 1. The Balaban J connectivity index is 2.98. The van der Waals surface area contributed by atoms with Gasteiger partial charge in [-0.3, -0.25) is 4.79 Å². The minimum atomic E-state index is -0.241. The van der Waals surface area contributed by atoms with Crippen molar-refractivity contribution in [1.82, 2.24) is 0 Å². The number of rotatable bonds is 7. The van der Waals surface area contributed by atoms with Crippen LogP contribution < -0.4 is 14.2 Å². The van der Waals surface area contributed by atoms with E-state index < -0.39 is 0 Å². The largest absolute Gasteiger partial charge is 0.496 e. The zero-order chi connectivity index (χ0) is 14.3. The molecule has 0 saturated carbocycles. The Bertz CT molecular complexity index is 428. The molecule has 0 fully saturated rings. The van der Waals surface area contributed by atoms with Gasteiger partial charge in [0, 0.05) is 12.0 Å². The molecule has 0 aliphatic rings. The highest BCUT2D eigenvalue weighted by Gasteiger charge is 2.17. The summed E-state index contributed by atoms with van der Waals surface area (Å²) in [6, 6.07) is 3.56. The fourth-order valence-corrected chi connectivity index (χ4v) is 1.86. The number of methoxy groups -OCH3 is 3. The maximum absolute atomic E-state index is 11.4. The molecule has 0 atom stereocenters. The highest BCUT2D eigenvalue weighted by atomic mass is 16.5. The normalized spacial score (nSPS) is 9.89. The first-order chi connectivity index (χ1) is 9.17. The SMILES string of the molecule is CCOC(=O)CCc1c(OC)ccc(OC)c1OC. The van der Waals surface area contributed by atoms with Crippen LogP contribution >= 0.6 is 0 Å². The van der Waals surface area contributed by atoms with E-state index in [0.29, 0.717) is 30.3 Å². The van der Waals surface area contributed by atoms with Crippen molar-refractivity contribution in [3.8, 4) is 17.2 Å². The molecule has 1 aromatic carbocycles. The van der Waals surface area contributed by atoms with Crippen molar-refractivity contribution in [2.75, 3.05) is 27.9 Å². The molecule has 5 nitrogen and oxygen atoms in total. The standard InChI is InChI=1S/C14H20O5/c1-5-19-13(15)9-6-10-11(16-2)7-8-12(17-3)14(10)18-4/h7-8H,5-6,9H2,1-4H3. The molecule has 106 valence electrons. The fourth-order valence-electron chi connectivity index (χ4n) is 1.86. The molecule has 5 heteroatoms. The predicted octanol–water partition coefficient (Wildman–Crippen LogP) is 2.21. The molecule has 0 radical (unpaired) electrons. The van der Waals surface area contributed by atoms with E-state index in [2.05, 4.69) is 0 Å². The van der Waals surface area contributed by atoms with E-state index in [1.807, 2.05) is 0 Å². The predicted molar refractivity (Wildman–Crippen MR) is 71.1 cm³/mol. The van der Waals surface area contributed by atoms with Gasteiger partial charge in [0.1, 0.15) is 5.75 Å². The third-order valence-electron chi connectivity index (χ3n) is 2.71. The lowest BCUT2D eigenvalue weighted by atomic mass is 10.1. The molecule has 0 spiro atoms. The number of hydrogen-bond acceptors (Lipinski definition) is 5. The lowest BCUT2D eigenvalue weighted by molar-refractivity contribution is -0.143. The van der Waals surface area contributed by atoms with Gasteiger partial charge in [-0.25, -0.2) is 0 Å². The van der Waals surface area contributed by atoms with Gasteiger partial charge >= 0.3 is 5.97 Å². The zero-order valence-electron chi connectivity index (χ0n) is 11.8. The number of carbonyl (C=O) groups is 1. The van der Waals surface area contributed by atoms with Gasteiger partial charge in [0.05, 0.1) is 27.9 Å². The van der Waals surface area contributed by atoms with Crippen LogP contribution in [0.1, 0.15) is 18.9 Å². The van der Waals surface area contributed by atoms with E-state index in [-0.39, 0.29) is 12.4 Å². The molecule has 19 heavy (non-hydrogen) atoms. The molecule has 1 aromatic rings. The third-order valence-corrected chi connectivity index (χ3v) is 2.71. The van der Waals surface area contributed by atoms with Gasteiger partial charge in [-0.1, -0.05) is 0 Å². The van der Waals surface area contributed by atoms with Crippen molar-refractivity contribution in [1.29, 1.82) is 0 Å². The smallest absolute Gasteiger partial charge is 0.306 e. The van der Waals surface area contributed by atoms with Gasteiger partial charge in [-0.2, -0.15) is 0 Å². The lowest BCUT2D eigenvalue weighted by Gasteiger charge is -2.15. The summed E-state index contributed by atoms with van der Waals surface area (Å²) in [5.74, 6) is 1.63. The second kappa shape index (κ2) is 7.51. The number of ether oxygens (including phenoxy) is 4. The van der Waals surface area contributed by atoms with Crippen LogP contribution in [0, 0.1) is 0 Å². The Hall–Kier alpha value is -1.91. The van der Waals surface area contributed by atoms with Crippen molar-refractivity contribution in [2.24, 2.45) is 0 Å². The molecule has 0 saturated heterocycles. The Morgan fingerprint density at radius 1 is 1.05 bits per heavy atom. The van der Waals surface area contributed by atoms with Crippen molar-refractivity contribution in [3.63, 3.8) is 0 Å². The van der Waals surface area contributed by atoms with Gasteiger partial charge in [0.15, 0.2) is 11.5 Å². The van der Waals surface area contributed by atoms with Crippen molar-refractivity contribution < 1.29 is 23.7 Å². The van der Waals surface area contributed by atoms with Crippen molar-refractivity contribution >= 4 is 5.97 Å². The second-order valence-corrected chi connectivity index (χ2v) is 3.79. The molecule has 1 rings (SSSR count). The Morgan fingerprint density at radius 3 is 2.21 bits per heavy atom. The Labute approximate surface area is 113 Å². The van der Waals surface area contributed by atoms with Crippen LogP contribution in [0.15, 0.2) is 12.1 Å². The molecule has 0 bridgehead atoms. The Morgan fingerprint density at radius 2 is 1.68 bits per heavy atom. The maximum Gasteiger partial charge on any atom is 0.306 e. The first-order valence-corrected chi connectivity index (χ1v) is 6.11. The summed E-state index contributed by atoms with van der Waals surface area (Å²) in [5.41, 5.74) is 0.803. The van der Waals surface area contributed by atoms with Crippen molar-refractivity contribution in [3.05, 3.63) is 17.7 Å². The summed E-state index contributed by atoms with van der Waals surface area (Å²) >= 11 is 0. The van der Waals surface area contributed by atoms with Crippen LogP contribution in [0.25, 0.3) is 0 Å². The molecular weight excluding hydrogens is 248 g/mol. The number of hydrogen-bond donors (Lipinski definition) is 0. The van der Waals surface area contributed by atoms with Gasteiger partial charge in [-0.15, -0.1) is 0 Å². The monoisotopic (exact) mass is 268 g/mol. The quantitative estimate of drug-likeness (QED) is 0.710. The molecule has 0 aromatic heterocycles. The van der Waals surface area contributed by atoms with Gasteiger partial charge < -0.3 is 18.9 Å². The first kappa shape index (κ1) is 15.1. The highest BCUT2D eigenvalue weighted by molar-refractivity contribution is 5.70. The van der Waals surface area contributed by atoms with E-state index in [9.17, 15) is 4.79 Å². The highest BCUT2D eigenvalue weighted by Crippen LogP contribution is 2.38. The second-order valence-electron chi connectivity index (χ2n) is 3.79. The Kier molecular flexibility index (Phi) is 5.99. The molecule has 0 aliphatic carbocycles. The fraction of sp³-hybridized carbons (Fsp3) is 0.500. The van der Waals surface area contributed by atoms with E-state index >= 15 is 0 Å². The number of esters is 1. The lowest BCUT2D eigenvalue weighted by Crippen LogP contribution is -2.07. The average Bonchev–Trinajstić information content (AvgIpc) is 2.44. The molecule has 0 heterocycles. The van der Waals surface area contributed by atoms with Gasteiger partial charge in [0.25, 0.3) is 0 Å². The molecule has 0 N–H and O–H groups in total. The summed E-state index contributed by atoms with van der Waals surface area (Å²) in [6.45, 7) is 2.16. The van der Waals surface area contributed by atoms with Crippen LogP contribution in [-0.2, 0) is 16.0 Å². The van der Waals surface area contributed by atoms with Gasteiger partial charge in [0.2, 0.25) is 0 Å². The molecular formula is C14H20O5.